The van der Waals surface area contributed by atoms with Gasteiger partial charge in [-0.05, 0) is 39.5 Å². The summed E-state index contributed by atoms with van der Waals surface area (Å²) in [5.41, 5.74) is 6.47. The van der Waals surface area contributed by atoms with Crippen LogP contribution in [-0.4, -0.2) is 26.4 Å². The quantitative estimate of drug-likeness (QED) is 0.863. The Balaban J connectivity index is 2.29. The van der Waals surface area contributed by atoms with E-state index < -0.39 is 11.5 Å². The molecule has 1 aliphatic rings. The first-order valence-corrected chi connectivity index (χ1v) is 6.46. The molecule has 0 amide bonds. The SMILES string of the molecule is Cc1nn(C2CCCC(N)(C(=O)O)C2)c(C)c1Cl. The summed E-state index contributed by atoms with van der Waals surface area (Å²) >= 11 is 6.12. The summed E-state index contributed by atoms with van der Waals surface area (Å²) in [6.07, 6.45) is 2.61. The number of halogens is 1. The van der Waals surface area contributed by atoms with Crippen molar-refractivity contribution in [3.05, 3.63) is 16.4 Å². The van der Waals surface area contributed by atoms with Gasteiger partial charge in [0.1, 0.15) is 5.54 Å². The maximum Gasteiger partial charge on any atom is 0.323 e. The van der Waals surface area contributed by atoms with Crippen molar-refractivity contribution in [1.29, 1.82) is 0 Å². The van der Waals surface area contributed by atoms with Crippen LogP contribution in [0.4, 0.5) is 0 Å². The third-order valence-electron chi connectivity index (χ3n) is 3.77. The van der Waals surface area contributed by atoms with Crippen molar-refractivity contribution in [2.24, 2.45) is 5.73 Å². The van der Waals surface area contributed by atoms with Gasteiger partial charge in [-0.25, -0.2) is 0 Å². The highest BCUT2D eigenvalue weighted by Crippen LogP contribution is 2.36. The predicted octanol–water partition coefficient (Wildman–Crippen LogP) is 2.05. The molecule has 2 unspecified atom stereocenters. The van der Waals surface area contributed by atoms with Gasteiger partial charge >= 0.3 is 5.97 Å². The molecule has 0 spiro atoms. The Morgan fingerprint density at radius 3 is 2.78 bits per heavy atom. The second-order valence-corrected chi connectivity index (χ2v) is 5.52. The number of aromatic nitrogens is 2. The Labute approximate surface area is 111 Å². The molecule has 1 fully saturated rings. The van der Waals surface area contributed by atoms with Gasteiger partial charge in [-0.1, -0.05) is 11.6 Å². The van der Waals surface area contributed by atoms with Gasteiger partial charge < -0.3 is 10.8 Å². The smallest absolute Gasteiger partial charge is 0.323 e. The van der Waals surface area contributed by atoms with E-state index in [2.05, 4.69) is 5.10 Å². The third kappa shape index (κ3) is 2.12. The van der Waals surface area contributed by atoms with Crippen molar-refractivity contribution in [1.82, 2.24) is 9.78 Å². The zero-order valence-electron chi connectivity index (χ0n) is 10.6. The van der Waals surface area contributed by atoms with Crippen LogP contribution in [0.1, 0.15) is 43.1 Å². The molecule has 2 rings (SSSR count). The minimum Gasteiger partial charge on any atom is -0.480 e. The molecule has 5 nitrogen and oxygen atoms in total. The number of nitrogens with zero attached hydrogens (tertiary/aromatic N) is 2. The molecule has 0 saturated heterocycles. The minimum absolute atomic E-state index is 0.0195. The van der Waals surface area contributed by atoms with Gasteiger partial charge in [0.25, 0.3) is 0 Å². The average Bonchev–Trinajstić information content (AvgIpc) is 2.57. The first kappa shape index (κ1) is 13.4. The lowest BCUT2D eigenvalue weighted by Crippen LogP contribution is -2.51. The zero-order valence-corrected chi connectivity index (χ0v) is 11.4. The van der Waals surface area contributed by atoms with E-state index in [1.807, 2.05) is 18.5 Å². The molecule has 0 radical (unpaired) electrons. The maximum absolute atomic E-state index is 11.2. The Morgan fingerprint density at radius 1 is 1.61 bits per heavy atom. The van der Waals surface area contributed by atoms with Crippen LogP contribution in [0.3, 0.4) is 0 Å². The predicted molar refractivity (Wildman–Crippen MR) is 68.8 cm³/mol. The standard InChI is InChI=1S/C12H18ClN3O2/c1-7-10(13)8(2)16(15-7)9-4-3-5-12(14,6-9)11(17)18/h9H,3-6,14H2,1-2H3,(H,17,18). The number of rotatable bonds is 2. The van der Waals surface area contributed by atoms with Gasteiger partial charge in [0, 0.05) is 0 Å². The molecular formula is C12H18ClN3O2. The van der Waals surface area contributed by atoms with Gasteiger partial charge in [0.15, 0.2) is 0 Å². The lowest BCUT2D eigenvalue weighted by molar-refractivity contribution is -0.145. The number of carboxylic acid groups (broad SMARTS) is 1. The molecule has 3 N–H and O–H groups in total. The second kappa shape index (κ2) is 4.55. The molecule has 0 bridgehead atoms. The summed E-state index contributed by atoms with van der Waals surface area (Å²) in [6.45, 7) is 3.75. The van der Waals surface area contributed by atoms with Gasteiger partial charge in [0.2, 0.25) is 0 Å². The number of aliphatic carboxylic acids is 1. The van der Waals surface area contributed by atoms with Crippen molar-refractivity contribution >= 4 is 17.6 Å². The Morgan fingerprint density at radius 2 is 2.28 bits per heavy atom. The van der Waals surface area contributed by atoms with E-state index in [4.69, 9.17) is 17.3 Å². The molecule has 0 aromatic carbocycles. The van der Waals surface area contributed by atoms with E-state index in [0.717, 1.165) is 24.2 Å². The summed E-state index contributed by atoms with van der Waals surface area (Å²) in [5.74, 6) is -0.931. The number of nitrogens with two attached hydrogens (primary N) is 1. The van der Waals surface area contributed by atoms with Gasteiger partial charge in [-0.3, -0.25) is 9.48 Å². The molecule has 1 aromatic rings. The molecule has 100 valence electrons. The van der Waals surface area contributed by atoms with Crippen molar-refractivity contribution < 1.29 is 9.90 Å². The summed E-state index contributed by atoms with van der Waals surface area (Å²) in [7, 11) is 0. The molecule has 1 saturated carbocycles. The Kier molecular flexibility index (Phi) is 3.38. The number of aryl methyl sites for hydroxylation is 1. The van der Waals surface area contributed by atoms with E-state index >= 15 is 0 Å². The summed E-state index contributed by atoms with van der Waals surface area (Å²) in [4.78, 5) is 11.2. The van der Waals surface area contributed by atoms with Crippen molar-refractivity contribution in [3.63, 3.8) is 0 Å². The molecule has 1 aromatic heterocycles. The highest BCUT2D eigenvalue weighted by molar-refractivity contribution is 6.31. The number of hydrogen-bond acceptors (Lipinski definition) is 3. The lowest BCUT2D eigenvalue weighted by Gasteiger charge is -2.35. The summed E-state index contributed by atoms with van der Waals surface area (Å²) < 4.78 is 1.83. The van der Waals surface area contributed by atoms with Crippen LogP contribution in [-0.2, 0) is 4.79 Å². The maximum atomic E-state index is 11.2. The normalized spacial score (nSPS) is 28.3. The Hall–Kier alpha value is -1.07. The van der Waals surface area contributed by atoms with E-state index in [1.54, 1.807) is 0 Å². The fourth-order valence-electron chi connectivity index (χ4n) is 2.68. The van der Waals surface area contributed by atoms with Crippen LogP contribution in [0.5, 0.6) is 0 Å². The summed E-state index contributed by atoms with van der Waals surface area (Å²) in [6, 6.07) is 0.0195. The van der Waals surface area contributed by atoms with Gasteiger partial charge in [-0.2, -0.15) is 5.10 Å². The first-order valence-electron chi connectivity index (χ1n) is 6.08. The Bertz CT molecular complexity index is 486. The molecule has 1 aliphatic carbocycles. The number of carboxylic acids is 1. The lowest BCUT2D eigenvalue weighted by atomic mass is 9.80. The van der Waals surface area contributed by atoms with Crippen molar-refractivity contribution in [3.8, 4) is 0 Å². The van der Waals surface area contributed by atoms with E-state index in [0.29, 0.717) is 17.9 Å². The minimum atomic E-state index is -1.14. The van der Waals surface area contributed by atoms with Crippen LogP contribution >= 0.6 is 11.6 Å². The molecule has 0 aliphatic heterocycles. The van der Waals surface area contributed by atoms with Crippen molar-refractivity contribution in [2.45, 2.75) is 51.1 Å². The molecular weight excluding hydrogens is 254 g/mol. The van der Waals surface area contributed by atoms with E-state index in [1.165, 1.54) is 0 Å². The van der Waals surface area contributed by atoms with Crippen LogP contribution < -0.4 is 5.73 Å². The third-order valence-corrected chi connectivity index (χ3v) is 4.32. The largest absolute Gasteiger partial charge is 0.480 e. The highest BCUT2D eigenvalue weighted by Gasteiger charge is 2.40. The molecule has 18 heavy (non-hydrogen) atoms. The van der Waals surface area contributed by atoms with E-state index in [-0.39, 0.29) is 6.04 Å². The fourth-order valence-corrected chi connectivity index (χ4v) is 2.80. The van der Waals surface area contributed by atoms with Gasteiger partial charge in [-0.15, -0.1) is 0 Å². The van der Waals surface area contributed by atoms with Crippen LogP contribution in [0.15, 0.2) is 0 Å². The topological polar surface area (TPSA) is 81.1 Å². The second-order valence-electron chi connectivity index (χ2n) is 5.14. The fraction of sp³-hybridized carbons (Fsp3) is 0.667. The monoisotopic (exact) mass is 271 g/mol. The molecule has 1 heterocycles. The van der Waals surface area contributed by atoms with E-state index in [9.17, 15) is 9.90 Å². The molecule has 6 heteroatoms. The highest BCUT2D eigenvalue weighted by atomic mass is 35.5. The molecule has 2 atom stereocenters. The van der Waals surface area contributed by atoms with Crippen LogP contribution in [0, 0.1) is 13.8 Å². The number of carbonyl (C=O) groups is 1. The van der Waals surface area contributed by atoms with Crippen LogP contribution in [0.25, 0.3) is 0 Å². The number of hydrogen-bond donors (Lipinski definition) is 2. The zero-order chi connectivity index (χ0) is 13.5. The van der Waals surface area contributed by atoms with Crippen LogP contribution in [0.2, 0.25) is 5.02 Å². The summed E-state index contributed by atoms with van der Waals surface area (Å²) in [5, 5.41) is 14.3. The average molecular weight is 272 g/mol. The van der Waals surface area contributed by atoms with Crippen molar-refractivity contribution in [2.75, 3.05) is 0 Å². The first-order chi connectivity index (χ1) is 8.35. The van der Waals surface area contributed by atoms with Gasteiger partial charge in [0.05, 0.1) is 22.5 Å².